The Labute approximate surface area is 187 Å². The van der Waals surface area contributed by atoms with Gasteiger partial charge >= 0.3 is 6.61 Å². The van der Waals surface area contributed by atoms with E-state index in [1.165, 1.54) is 6.07 Å². The summed E-state index contributed by atoms with van der Waals surface area (Å²) in [5.74, 6) is 0.413. The first-order valence-electron chi connectivity index (χ1n) is 10.6. The lowest BCUT2D eigenvalue weighted by Gasteiger charge is -2.18. The van der Waals surface area contributed by atoms with Crippen molar-refractivity contribution >= 4 is 10.9 Å². The highest BCUT2D eigenvalue weighted by atomic mass is 19.3. The van der Waals surface area contributed by atoms with Gasteiger partial charge in [-0.1, -0.05) is 24.3 Å². The van der Waals surface area contributed by atoms with E-state index in [1.54, 1.807) is 55.2 Å². The summed E-state index contributed by atoms with van der Waals surface area (Å²) in [6.45, 7) is 0.760. The molecule has 33 heavy (non-hydrogen) atoms. The normalized spacial score (nSPS) is 15.9. The monoisotopic (exact) mass is 452 g/mol. The fraction of sp³-hybridized carbons (Fsp3) is 0.292. The van der Waals surface area contributed by atoms with Gasteiger partial charge in [-0.25, -0.2) is 14.6 Å². The van der Waals surface area contributed by atoms with Crippen LogP contribution >= 0.6 is 0 Å². The molecule has 1 aliphatic heterocycles. The third-order valence-electron chi connectivity index (χ3n) is 5.91. The van der Waals surface area contributed by atoms with Crippen molar-refractivity contribution in [1.82, 2.24) is 19.3 Å². The SMILES string of the molecule is CC(C)(O)c1ncc(-c2ccc3c(=O)n4n(c3c2)[C@@H](c2ccccc2OC(F)F)CC4)cn1. The zero-order valence-electron chi connectivity index (χ0n) is 18.1. The molecular formula is C24H22F2N4O3. The number of halogens is 2. The van der Waals surface area contributed by atoms with Crippen LogP contribution in [0.1, 0.15) is 37.7 Å². The van der Waals surface area contributed by atoms with E-state index < -0.39 is 12.2 Å². The summed E-state index contributed by atoms with van der Waals surface area (Å²) >= 11 is 0. The van der Waals surface area contributed by atoms with Gasteiger partial charge in [0.05, 0.1) is 16.9 Å². The lowest BCUT2D eigenvalue weighted by molar-refractivity contribution is -0.0507. The largest absolute Gasteiger partial charge is 0.434 e. The van der Waals surface area contributed by atoms with Crippen LogP contribution in [0, 0.1) is 0 Å². The van der Waals surface area contributed by atoms with Gasteiger partial charge < -0.3 is 9.84 Å². The van der Waals surface area contributed by atoms with Gasteiger partial charge in [-0.3, -0.25) is 9.48 Å². The second-order valence-electron chi connectivity index (χ2n) is 8.58. The van der Waals surface area contributed by atoms with Gasteiger partial charge in [0.25, 0.3) is 5.56 Å². The number of hydrogen-bond donors (Lipinski definition) is 1. The molecule has 0 unspecified atom stereocenters. The van der Waals surface area contributed by atoms with E-state index >= 15 is 0 Å². The van der Waals surface area contributed by atoms with Crippen molar-refractivity contribution in [2.75, 3.05) is 0 Å². The molecule has 2 aromatic carbocycles. The number of hydrogen-bond acceptors (Lipinski definition) is 5. The molecule has 3 heterocycles. The molecule has 170 valence electrons. The zero-order chi connectivity index (χ0) is 23.3. The highest BCUT2D eigenvalue weighted by Gasteiger charge is 2.30. The van der Waals surface area contributed by atoms with E-state index in [4.69, 9.17) is 4.74 Å². The molecule has 0 radical (unpaired) electrons. The number of rotatable bonds is 5. The number of benzene rings is 2. The highest BCUT2D eigenvalue weighted by Crippen LogP contribution is 2.37. The van der Waals surface area contributed by atoms with E-state index in [0.29, 0.717) is 35.3 Å². The molecule has 5 rings (SSSR count). The van der Waals surface area contributed by atoms with E-state index in [1.807, 2.05) is 16.8 Å². The second kappa shape index (κ2) is 7.77. The van der Waals surface area contributed by atoms with Crippen LogP contribution in [0.2, 0.25) is 0 Å². The second-order valence-corrected chi connectivity index (χ2v) is 8.58. The molecule has 0 bridgehead atoms. The maximum atomic E-state index is 13.0. The Morgan fingerprint density at radius 2 is 1.85 bits per heavy atom. The van der Waals surface area contributed by atoms with Crippen LogP contribution in [0.5, 0.6) is 5.75 Å². The maximum absolute atomic E-state index is 13.0. The van der Waals surface area contributed by atoms with Crippen LogP contribution in [0.15, 0.2) is 59.7 Å². The minimum atomic E-state index is -2.94. The Morgan fingerprint density at radius 1 is 1.12 bits per heavy atom. The van der Waals surface area contributed by atoms with Gasteiger partial charge in [-0.15, -0.1) is 0 Å². The van der Waals surface area contributed by atoms with E-state index in [0.717, 1.165) is 11.1 Å². The highest BCUT2D eigenvalue weighted by molar-refractivity contribution is 5.84. The standard InChI is InChI=1S/C24H22F2N4O3/c1-24(2,32)22-27-12-15(13-28-22)14-7-8-17-19(11-14)30-18(9-10-29(30)21(17)31)16-5-3-4-6-20(16)33-23(25)26/h3-8,11-13,18,23,32H,9-10H2,1-2H3/t18-/m1/s1. The van der Waals surface area contributed by atoms with Crippen molar-refractivity contribution in [1.29, 1.82) is 0 Å². The minimum Gasteiger partial charge on any atom is -0.434 e. The smallest absolute Gasteiger partial charge is 0.387 e. The molecule has 0 aliphatic carbocycles. The van der Waals surface area contributed by atoms with Crippen molar-refractivity contribution in [3.05, 3.63) is 76.6 Å². The van der Waals surface area contributed by atoms with Crippen molar-refractivity contribution in [2.24, 2.45) is 0 Å². The van der Waals surface area contributed by atoms with Crippen molar-refractivity contribution in [3.63, 3.8) is 0 Å². The summed E-state index contributed by atoms with van der Waals surface area (Å²) in [5.41, 5.74) is 1.55. The number of fused-ring (bicyclic) bond motifs is 3. The topological polar surface area (TPSA) is 82.2 Å². The molecule has 0 fully saturated rings. The van der Waals surface area contributed by atoms with Gasteiger partial charge in [0.15, 0.2) is 5.82 Å². The first-order chi connectivity index (χ1) is 15.7. The molecule has 0 amide bonds. The van der Waals surface area contributed by atoms with Gasteiger partial charge in [0, 0.05) is 30.1 Å². The Balaban J connectivity index is 1.62. The van der Waals surface area contributed by atoms with Gasteiger partial charge in [-0.2, -0.15) is 8.78 Å². The quantitative estimate of drug-likeness (QED) is 0.493. The number of aliphatic hydroxyl groups is 1. The van der Waals surface area contributed by atoms with Crippen LogP contribution in [0.3, 0.4) is 0 Å². The first kappa shape index (κ1) is 21.3. The average Bonchev–Trinajstić information content (AvgIpc) is 3.33. The van der Waals surface area contributed by atoms with E-state index in [-0.39, 0.29) is 17.4 Å². The van der Waals surface area contributed by atoms with Crippen LogP contribution < -0.4 is 10.3 Å². The molecule has 0 spiro atoms. The predicted octanol–water partition coefficient (Wildman–Crippen LogP) is 4.08. The zero-order valence-corrected chi connectivity index (χ0v) is 18.1. The number of ether oxygens (including phenoxy) is 1. The van der Waals surface area contributed by atoms with Crippen molar-refractivity contribution in [2.45, 2.75) is 45.1 Å². The van der Waals surface area contributed by atoms with Gasteiger partial charge in [0.2, 0.25) is 0 Å². The molecular weight excluding hydrogens is 430 g/mol. The van der Waals surface area contributed by atoms with Crippen LogP contribution in [0.4, 0.5) is 8.78 Å². The Hall–Kier alpha value is -3.59. The van der Waals surface area contributed by atoms with E-state index in [9.17, 15) is 18.7 Å². The van der Waals surface area contributed by atoms with Crippen molar-refractivity contribution in [3.8, 4) is 16.9 Å². The molecule has 2 aromatic heterocycles. The van der Waals surface area contributed by atoms with Crippen molar-refractivity contribution < 1.29 is 18.6 Å². The lowest BCUT2D eigenvalue weighted by atomic mass is 10.0. The number of aromatic nitrogens is 4. The Bertz CT molecular complexity index is 1390. The maximum Gasteiger partial charge on any atom is 0.387 e. The molecule has 1 aliphatic rings. The minimum absolute atomic E-state index is 0.104. The number of nitrogens with zero attached hydrogens (tertiary/aromatic N) is 4. The first-order valence-corrected chi connectivity index (χ1v) is 10.6. The predicted molar refractivity (Wildman–Crippen MR) is 118 cm³/mol. The Morgan fingerprint density at radius 3 is 2.55 bits per heavy atom. The summed E-state index contributed by atoms with van der Waals surface area (Å²) in [4.78, 5) is 21.5. The molecule has 1 N–H and O–H groups in total. The molecule has 4 aromatic rings. The summed E-state index contributed by atoms with van der Waals surface area (Å²) in [7, 11) is 0. The number of para-hydroxylation sites is 1. The molecule has 1 atom stereocenters. The molecule has 7 nitrogen and oxygen atoms in total. The summed E-state index contributed by atoms with van der Waals surface area (Å²) < 4.78 is 34.2. The summed E-state index contributed by atoms with van der Waals surface area (Å²) in [6.07, 6.45) is 3.84. The summed E-state index contributed by atoms with van der Waals surface area (Å²) in [6, 6.07) is 11.8. The lowest BCUT2D eigenvalue weighted by Crippen LogP contribution is -2.19. The molecule has 0 saturated heterocycles. The van der Waals surface area contributed by atoms with Crippen LogP contribution in [-0.2, 0) is 12.1 Å². The third kappa shape index (κ3) is 3.68. The van der Waals surface area contributed by atoms with Gasteiger partial charge in [-0.05, 0) is 44.0 Å². The van der Waals surface area contributed by atoms with Crippen LogP contribution in [-0.4, -0.2) is 31.0 Å². The van der Waals surface area contributed by atoms with E-state index in [2.05, 4.69) is 9.97 Å². The fourth-order valence-electron chi connectivity index (χ4n) is 4.40. The third-order valence-corrected chi connectivity index (χ3v) is 5.91. The van der Waals surface area contributed by atoms with Gasteiger partial charge in [0.1, 0.15) is 11.4 Å². The Kier molecular flexibility index (Phi) is 5.01. The fourth-order valence-corrected chi connectivity index (χ4v) is 4.40. The van der Waals surface area contributed by atoms with Crippen LogP contribution in [0.25, 0.3) is 22.0 Å². The molecule has 9 heteroatoms. The molecule has 0 saturated carbocycles. The average molecular weight is 452 g/mol. The summed E-state index contributed by atoms with van der Waals surface area (Å²) in [5, 5.41) is 10.6. The number of alkyl halides is 2.